The fourth-order valence-electron chi connectivity index (χ4n) is 1.53. The first-order valence-electron chi connectivity index (χ1n) is 6.73. The summed E-state index contributed by atoms with van der Waals surface area (Å²) in [5, 5.41) is 13.9. The summed E-state index contributed by atoms with van der Waals surface area (Å²) in [5.41, 5.74) is -0.378. The second-order valence-electron chi connectivity index (χ2n) is 5.61. The van der Waals surface area contributed by atoms with Crippen molar-refractivity contribution in [3.63, 3.8) is 0 Å². The van der Waals surface area contributed by atoms with Crippen LogP contribution in [0.2, 0.25) is 0 Å². The average Bonchev–Trinajstić information content (AvgIpc) is 2.23. The van der Waals surface area contributed by atoms with Crippen LogP contribution in [-0.4, -0.2) is 53.7 Å². The SMILES string of the molecule is CCCCN(CCO)CC(=O)NC(=O)NC(C)(C)C. The molecular formula is C13H27N3O3. The molecule has 0 radical (unpaired) electrons. The Labute approximate surface area is 115 Å². The summed E-state index contributed by atoms with van der Waals surface area (Å²) in [7, 11) is 0. The molecular weight excluding hydrogens is 246 g/mol. The van der Waals surface area contributed by atoms with E-state index in [0.29, 0.717) is 6.54 Å². The van der Waals surface area contributed by atoms with Crippen LogP contribution in [0.4, 0.5) is 4.79 Å². The molecule has 3 N–H and O–H groups in total. The Hall–Kier alpha value is -1.14. The zero-order valence-electron chi connectivity index (χ0n) is 12.5. The lowest BCUT2D eigenvalue weighted by molar-refractivity contribution is -0.121. The monoisotopic (exact) mass is 273 g/mol. The third-order valence-electron chi connectivity index (χ3n) is 2.35. The first-order chi connectivity index (χ1) is 8.78. The van der Waals surface area contributed by atoms with Crippen LogP contribution < -0.4 is 10.6 Å². The Morgan fingerprint density at radius 1 is 1.21 bits per heavy atom. The maximum absolute atomic E-state index is 11.7. The van der Waals surface area contributed by atoms with Gasteiger partial charge in [0.1, 0.15) is 0 Å². The fraction of sp³-hybridized carbons (Fsp3) is 0.846. The predicted molar refractivity (Wildman–Crippen MR) is 74.9 cm³/mol. The first-order valence-corrected chi connectivity index (χ1v) is 6.73. The molecule has 112 valence electrons. The molecule has 0 aliphatic carbocycles. The summed E-state index contributed by atoms with van der Waals surface area (Å²) >= 11 is 0. The van der Waals surface area contributed by atoms with Gasteiger partial charge in [-0.3, -0.25) is 15.0 Å². The molecule has 3 amide bonds. The van der Waals surface area contributed by atoms with E-state index < -0.39 is 6.03 Å². The molecule has 0 bridgehead atoms. The molecule has 0 fully saturated rings. The maximum Gasteiger partial charge on any atom is 0.321 e. The van der Waals surface area contributed by atoms with Crippen molar-refractivity contribution in [2.45, 2.75) is 46.1 Å². The van der Waals surface area contributed by atoms with E-state index in [0.717, 1.165) is 19.4 Å². The summed E-state index contributed by atoms with van der Waals surface area (Å²) in [6, 6.07) is -0.489. The lowest BCUT2D eigenvalue weighted by Gasteiger charge is -2.22. The molecule has 19 heavy (non-hydrogen) atoms. The molecule has 0 atom stereocenters. The van der Waals surface area contributed by atoms with Gasteiger partial charge in [-0.1, -0.05) is 13.3 Å². The average molecular weight is 273 g/mol. The van der Waals surface area contributed by atoms with E-state index >= 15 is 0 Å². The van der Waals surface area contributed by atoms with Crippen molar-refractivity contribution in [1.29, 1.82) is 0 Å². The van der Waals surface area contributed by atoms with Crippen molar-refractivity contribution in [1.82, 2.24) is 15.5 Å². The van der Waals surface area contributed by atoms with Crippen LogP contribution in [0.25, 0.3) is 0 Å². The van der Waals surface area contributed by atoms with Gasteiger partial charge in [-0.15, -0.1) is 0 Å². The molecule has 0 spiro atoms. The number of unbranched alkanes of at least 4 members (excludes halogenated alkanes) is 1. The molecule has 6 nitrogen and oxygen atoms in total. The topological polar surface area (TPSA) is 81.7 Å². The number of urea groups is 1. The highest BCUT2D eigenvalue weighted by molar-refractivity contribution is 5.95. The van der Waals surface area contributed by atoms with Gasteiger partial charge in [-0.25, -0.2) is 4.79 Å². The van der Waals surface area contributed by atoms with E-state index in [1.807, 2.05) is 25.7 Å². The maximum atomic E-state index is 11.7. The van der Waals surface area contributed by atoms with Gasteiger partial charge in [-0.05, 0) is 33.7 Å². The number of amides is 3. The fourth-order valence-corrected chi connectivity index (χ4v) is 1.53. The van der Waals surface area contributed by atoms with Crippen molar-refractivity contribution in [2.75, 3.05) is 26.2 Å². The van der Waals surface area contributed by atoms with Gasteiger partial charge in [0.2, 0.25) is 5.91 Å². The van der Waals surface area contributed by atoms with Crippen LogP contribution in [0, 0.1) is 0 Å². The Balaban J connectivity index is 4.14. The molecule has 0 aliphatic heterocycles. The first kappa shape index (κ1) is 17.9. The smallest absolute Gasteiger partial charge is 0.321 e. The molecule has 0 unspecified atom stereocenters. The van der Waals surface area contributed by atoms with Crippen LogP contribution in [0.1, 0.15) is 40.5 Å². The van der Waals surface area contributed by atoms with Crippen LogP contribution in [0.5, 0.6) is 0 Å². The second-order valence-corrected chi connectivity index (χ2v) is 5.61. The number of aliphatic hydroxyl groups excluding tert-OH is 1. The largest absolute Gasteiger partial charge is 0.395 e. The molecule has 0 saturated heterocycles. The minimum absolute atomic E-state index is 0.00514. The number of hydrogen-bond acceptors (Lipinski definition) is 4. The highest BCUT2D eigenvalue weighted by Gasteiger charge is 2.17. The minimum Gasteiger partial charge on any atom is -0.395 e. The van der Waals surface area contributed by atoms with Gasteiger partial charge in [0.05, 0.1) is 13.2 Å². The van der Waals surface area contributed by atoms with Crippen LogP contribution in [0.15, 0.2) is 0 Å². The molecule has 6 heteroatoms. The van der Waals surface area contributed by atoms with Gasteiger partial charge in [0, 0.05) is 12.1 Å². The van der Waals surface area contributed by atoms with Crippen LogP contribution >= 0.6 is 0 Å². The Morgan fingerprint density at radius 2 is 1.84 bits per heavy atom. The Kier molecular flexibility index (Phi) is 8.34. The number of carbonyl (C=O) groups is 2. The molecule has 0 saturated carbocycles. The van der Waals surface area contributed by atoms with Crippen molar-refractivity contribution >= 4 is 11.9 Å². The molecule has 0 heterocycles. The normalized spacial score (nSPS) is 11.5. The van der Waals surface area contributed by atoms with Gasteiger partial charge < -0.3 is 10.4 Å². The lowest BCUT2D eigenvalue weighted by Crippen LogP contribution is -2.50. The van der Waals surface area contributed by atoms with Gasteiger partial charge in [0.15, 0.2) is 0 Å². The summed E-state index contributed by atoms with van der Waals surface area (Å²) in [4.78, 5) is 25.0. The number of hydrogen-bond donors (Lipinski definition) is 3. The number of nitrogens with zero attached hydrogens (tertiary/aromatic N) is 1. The number of aliphatic hydroxyl groups is 1. The second kappa shape index (κ2) is 8.87. The Morgan fingerprint density at radius 3 is 2.32 bits per heavy atom. The van der Waals surface area contributed by atoms with E-state index in [1.165, 1.54) is 0 Å². The van der Waals surface area contributed by atoms with Crippen molar-refractivity contribution in [3.05, 3.63) is 0 Å². The van der Waals surface area contributed by atoms with E-state index in [-0.39, 0.29) is 24.6 Å². The van der Waals surface area contributed by atoms with E-state index in [9.17, 15) is 9.59 Å². The zero-order chi connectivity index (χ0) is 14.9. The van der Waals surface area contributed by atoms with E-state index in [2.05, 4.69) is 17.6 Å². The van der Waals surface area contributed by atoms with Gasteiger partial charge in [0.25, 0.3) is 0 Å². The lowest BCUT2D eigenvalue weighted by atomic mass is 10.1. The van der Waals surface area contributed by atoms with E-state index in [1.54, 1.807) is 0 Å². The quantitative estimate of drug-likeness (QED) is 0.638. The number of carbonyl (C=O) groups excluding carboxylic acids is 2. The van der Waals surface area contributed by atoms with Crippen molar-refractivity contribution in [3.8, 4) is 0 Å². The van der Waals surface area contributed by atoms with Crippen molar-refractivity contribution < 1.29 is 14.7 Å². The molecule has 0 aliphatic rings. The molecule has 0 aromatic heterocycles. The summed E-state index contributed by atoms with van der Waals surface area (Å²) in [6.45, 7) is 8.90. The Bertz CT molecular complexity index is 287. The summed E-state index contributed by atoms with van der Waals surface area (Å²) in [6.07, 6.45) is 1.98. The number of rotatable bonds is 7. The standard InChI is InChI=1S/C13H27N3O3/c1-5-6-7-16(8-9-17)10-11(18)14-12(19)15-13(2,3)4/h17H,5-10H2,1-4H3,(H2,14,15,18,19). The van der Waals surface area contributed by atoms with Crippen LogP contribution in [-0.2, 0) is 4.79 Å². The minimum atomic E-state index is -0.489. The zero-order valence-corrected chi connectivity index (χ0v) is 12.5. The van der Waals surface area contributed by atoms with Crippen LogP contribution in [0.3, 0.4) is 0 Å². The summed E-state index contributed by atoms with van der Waals surface area (Å²) in [5.74, 6) is -0.355. The van der Waals surface area contributed by atoms with Gasteiger partial charge >= 0.3 is 6.03 Å². The number of imide groups is 1. The third kappa shape index (κ3) is 10.5. The number of nitrogens with one attached hydrogen (secondary N) is 2. The molecule has 0 rings (SSSR count). The molecule has 0 aromatic rings. The summed E-state index contributed by atoms with van der Waals surface area (Å²) < 4.78 is 0. The van der Waals surface area contributed by atoms with Gasteiger partial charge in [-0.2, -0.15) is 0 Å². The van der Waals surface area contributed by atoms with E-state index in [4.69, 9.17) is 5.11 Å². The predicted octanol–water partition coefficient (Wildman–Crippen LogP) is 0.705. The third-order valence-corrected chi connectivity index (χ3v) is 2.35. The highest BCUT2D eigenvalue weighted by atomic mass is 16.3. The highest BCUT2D eigenvalue weighted by Crippen LogP contribution is 1.98. The molecule has 0 aromatic carbocycles. The van der Waals surface area contributed by atoms with Crippen molar-refractivity contribution in [2.24, 2.45) is 0 Å².